The number of rotatable bonds is 6. The Morgan fingerprint density at radius 3 is 2.79 bits per heavy atom. The van der Waals surface area contributed by atoms with Gasteiger partial charge in [0.15, 0.2) is 0 Å². The number of carboxylic acids is 1. The molecular weight excluding hydrogens is 286 g/mol. The molecule has 0 spiro atoms. The topological polar surface area (TPSA) is 83.5 Å². The van der Waals surface area contributed by atoms with E-state index in [0.29, 0.717) is 16.3 Å². The summed E-state index contributed by atoms with van der Waals surface area (Å²) < 4.78 is 11.1. The van der Waals surface area contributed by atoms with E-state index in [1.54, 1.807) is 25.3 Å². The summed E-state index contributed by atoms with van der Waals surface area (Å²) in [7, 11) is -0.974. The zero-order chi connectivity index (χ0) is 14.4. The second kappa shape index (κ2) is 7.20. The number of amides is 1. The van der Waals surface area contributed by atoms with Crippen LogP contribution in [0.5, 0.6) is 0 Å². The molecule has 1 heterocycles. The number of hydrogen-bond acceptors (Lipinski definition) is 4. The first-order valence-corrected chi connectivity index (χ1v) is 7.95. The van der Waals surface area contributed by atoms with E-state index >= 15 is 0 Å². The highest BCUT2D eigenvalue weighted by Crippen LogP contribution is 2.17. The van der Waals surface area contributed by atoms with Gasteiger partial charge >= 0.3 is 5.97 Å². The Morgan fingerprint density at radius 1 is 1.53 bits per heavy atom. The van der Waals surface area contributed by atoms with Crippen molar-refractivity contribution in [2.24, 2.45) is 0 Å². The fraction of sp³-hybridized carbons (Fsp3) is 0.333. The van der Waals surface area contributed by atoms with Gasteiger partial charge in [-0.15, -0.1) is 11.3 Å². The minimum Gasteiger partial charge on any atom is -0.478 e. The number of thiophene rings is 1. The molecule has 0 fully saturated rings. The molecule has 1 aromatic rings. The van der Waals surface area contributed by atoms with Crippen LogP contribution in [0, 0.1) is 0 Å². The highest BCUT2D eigenvalue weighted by Gasteiger charge is 2.11. The van der Waals surface area contributed by atoms with Crippen LogP contribution >= 0.6 is 11.3 Å². The number of aliphatic carboxylic acids is 1. The molecule has 0 aromatic carbocycles. The second-order valence-electron chi connectivity index (χ2n) is 3.89. The van der Waals surface area contributed by atoms with Crippen molar-refractivity contribution < 1.29 is 18.9 Å². The summed E-state index contributed by atoms with van der Waals surface area (Å²) in [6.45, 7) is 2.14. The van der Waals surface area contributed by atoms with E-state index in [2.05, 4.69) is 5.32 Å². The zero-order valence-electron chi connectivity index (χ0n) is 10.6. The van der Waals surface area contributed by atoms with Gasteiger partial charge in [0.25, 0.3) is 5.91 Å². The summed E-state index contributed by atoms with van der Waals surface area (Å²) in [5.41, 5.74) is 0. The predicted molar refractivity (Wildman–Crippen MR) is 76.9 cm³/mol. The highest BCUT2D eigenvalue weighted by atomic mass is 32.2. The molecule has 1 aromatic heterocycles. The van der Waals surface area contributed by atoms with Crippen molar-refractivity contribution in [3.8, 4) is 0 Å². The molecule has 0 saturated carbocycles. The van der Waals surface area contributed by atoms with Gasteiger partial charge < -0.3 is 10.4 Å². The maximum absolute atomic E-state index is 11.8. The summed E-state index contributed by atoms with van der Waals surface area (Å²) in [5, 5.41) is 11.1. The molecule has 2 N–H and O–H groups in total. The fourth-order valence-electron chi connectivity index (χ4n) is 1.16. The monoisotopic (exact) mass is 301 g/mol. The van der Waals surface area contributed by atoms with E-state index in [4.69, 9.17) is 5.11 Å². The van der Waals surface area contributed by atoms with Crippen LogP contribution in [0.15, 0.2) is 18.2 Å². The van der Waals surface area contributed by atoms with Crippen molar-refractivity contribution >= 4 is 40.1 Å². The summed E-state index contributed by atoms with van der Waals surface area (Å²) in [5.74, 6) is -1.27. The van der Waals surface area contributed by atoms with Crippen LogP contribution in [-0.4, -0.2) is 39.2 Å². The van der Waals surface area contributed by atoms with Gasteiger partial charge in [0.05, 0.1) is 4.88 Å². The van der Waals surface area contributed by atoms with Gasteiger partial charge in [-0.2, -0.15) is 0 Å². The summed E-state index contributed by atoms with van der Waals surface area (Å²) >= 11 is 1.20. The SMILES string of the molecule is CC(CNC(=O)c1ccc(/C=C/C(=O)O)s1)S(C)=O. The van der Waals surface area contributed by atoms with Crippen molar-refractivity contribution in [2.45, 2.75) is 12.2 Å². The predicted octanol–water partition coefficient (Wildman–Crippen LogP) is 1.34. The van der Waals surface area contributed by atoms with E-state index in [0.717, 1.165) is 6.08 Å². The molecule has 0 radical (unpaired) electrons. The van der Waals surface area contributed by atoms with Gasteiger partial charge in [-0.25, -0.2) is 4.79 Å². The van der Waals surface area contributed by atoms with E-state index in [-0.39, 0.29) is 11.2 Å². The molecule has 19 heavy (non-hydrogen) atoms. The van der Waals surface area contributed by atoms with Crippen LogP contribution in [0.1, 0.15) is 21.5 Å². The molecule has 2 unspecified atom stereocenters. The Morgan fingerprint density at radius 2 is 2.21 bits per heavy atom. The van der Waals surface area contributed by atoms with E-state index in [9.17, 15) is 13.8 Å². The molecule has 1 rings (SSSR count). The Kier molecular flexibility index (Phi) is 5.91. The fourth-order valence-corrected chi connectivity index (χ4v) is 2.30. The van der Waals surface area contributed by atoms with Crippen LogP contribution < -0.4 is 5.32 Å². The van der Waals surface area contributed by atoms with Crippen LogP contribution in [0.3, 0.4) is 0 Å². The maximum Gasteiger partial charge on any atom is 0.328 e. The average molecular weight is 301 g/mol. The molecule has 104 valence electrons. The van der Waals surface area contributed by atoms with Crippen molar-refractivity contribution in [1.82, 2.24) is 5.32 Å². The van der Waals surface area contributed by atoms with Crippen LogP contribution in [0.2, 0.25) is 0 Å². The van der Waals surface area contributed by atoms with Crippen molar-refractivity contribution in [1.29, 1.82) is 0 Å². The Balaban J connectivity index is 2.59. The zero-order valence-corrected chi connectivity index (χ0v) is 12.2. The molecule has 0 aliphatic rings. The maximum atomic E-state index is 11.8. The molecule has 2 atom stereocenters. The summed E-state index contributed by atoms with van der Waals surface area (Å²) in [6, 6.07) is 3.32. The van der Waals surface area contributed by atoms with E-state index in [1.165, 1.54) is 17.4 Å². The molecule has 7 heteroatoms. The van der Waals surface area contributed by atoms with Crippen molar-refractivity contribution in [2.75, 3.05) is 12.8 Å². The third kappa shape index (κ3) is 5.35. The Hall–Kier alpha value is -1.47. The molecule has 5 nitrogen and oxygen atoms in total. The van der Waals surface area contributed by atoms with Gasteiger partial charge in [0.2, 0.25) is 0 Å². The number of carbonyl (C=O) groups excluding carboxylic acids is 1. The van der Waals surface area contributed by atoms with Gasteiger partial charge in [-0.3, -0.25) is 9.00 Å². The lowest BCUT2D eigenvalue weighted by atomic mass is 10.3. The van der Waals surface area contributed by atoms with E-state index in [1.807, 2.05) is 0 Å². The first kappa shape index (κ1) is 15.6. The van der Waals surface area contributed by atoms with Crippen LogP contribution in [0.4, 0.5) is 0 Å². The number of hydrogen-bond donors (Lipinski definition) is 2. The van der Waals surface area contributed by atoms with Gasteiger partial charge in [-0.1, -0.05) is 0 Å². The lowest BCUT2D eigenvalue weighted by Gasteiger charge is -2.08. The van der Waals surface area contributed by atoms with Crippen molar-refractivity contribution in [3.63, 3.8) is 0 Å². The first-order chi connectivity index (χ1) is 8.90. The third-order valence-corrected chi connectivity index (χ3v) is 4.71. The smallest absolute Gasteiger partial charge is 0.328 e. The largest absolute Gasteiger partial charge is 0.478 e. The first-order valence-electron chi connectivity index (χ1n) is 5.51. The quantitative estimate of drug-likeness (QED) is 0.777. The average Bonchev–Trinajstić information content (AvgIpc) is 2.81. The van der Waals surface area contributed by atoms with Gasteiger partial charge in [0, 0.05) is 39.8 Å². The molecule has 0 bridgehead atoms. The molecule has 0 aliphatic heterocycles. The number of carbonyl (C=O) groups is 2. The van der Waals surface area contributed by atoms with E-state index < -0.39 is 16.8 Å². The normalized spacial score (nSPS) is 14.2. The Bertz CT molecular complexity index is 522. The highest BCUT2D eigenvalue weighted by molar-refractivity contribution is 7.84. The minimum atomic E-state index is -1.03. The Labute approximate surface area is 117 Å². The lowest BCUT2D eigenvalue weighted by Crippen LogP contribution is -2.32. The van der Waals surface area contributed by atoms with Gasteiger partial charge in [0.1, 0.15) is 0 Å². The molecular formula is C12H15NO4S2. The third-order valence-electron chi connectivity index (χ3n) is 2.36. The minimum absolute atomic E-state index is 0.102. The molecule has 0 saturated heterocycles. The molecule has 1 amide bonds. The van der Waals surface area contributed by atoms with Crippen LogP contribution in [0.25, 0.3) is 6.08 Å². The standard InChI is InChI=1S/C12H15NO4S2/c1-8(19(2)17)7-13-12(16)10-5-3-9(18-10)4-6-11(14)15/h3-6,8H,7H2,1-2H3,(H,13,16)(H,14,15)/b6-4+. The van der Waals surface area contributed by atoms with Gasteiger partial charge in [-0.05, 0) is 25.1 Å². The molecule has 0 aliphatic carbocycles. The van der Waals surface area contributed by atoms with Crippen molar-refractivity contribution in [3.05, 3.63) is 28.0 Å². The number of carboxylic acid groups (broad SMARTS) is 1. The number of nitrogens with one attached hydrogen (secondary N) is 1. The second-order valence-corrected chi connectivity index (χ2v) is 6.81. The lowest BCUT2D eigenvalue weighted by molar-refractivity contribution is -0.131. The summed E-state index contributed by atoms with van der Waals surface area (Å²) in [4.78, 5) is 23.3. The van der Waals surface area contributed by atoms with Crippen LogP contribution in [-0.2, 0) is 15.6 Å². The summed E-state index contributed by atoms with van der Waals surface area (Å²) in [6.07, 6.45) is 4.06.